The van der Waals surface area contributed by atoms with Crippen LogP contribution < -0.4 is 16.1 Å². The molecule has 0 aliphatic heterocycles. The highest BCUT2D eigenvalue weighted by Crippen LogP contribution is 2.27. The number of hydrogen-bond donors (Lipinski definition) is 3. The number of hydrogen-bond acceptors (Lipinski definition) is 5. The predicted octanol–water partition coefficient (Wildman–Crippen LogP) is 3.64. The lowest BCUT2D eigenvalue weighted by Gasteiger charge is -2.14. The van der Waals surface area contributed by atoms with Crippen LogP contribution in [0.15, 0.2) is 42.9 Å². The van der Waals surface area contributed by atoms with Crippen LogP contribution in [0, 0.1) is 27.7 Å². The Labute approximate surface area is 191 Å². The zero-order chi connectivity index (χ0) is 23.7. The summed E-state index contributed by atoms with van der Waals surface area (Å²) in [6.07, 6.45) is 3.13. The summed E-state index contributed by atoms with van der Waals surface area (Å²) in [4.78, 5) is 29.7. The summed E-state index contributed by atoms with van der Waals surface area (Å²) >= 11 is 0. The second kappa shape index (κ2) is 8.78. The van der Waals surface area contributed by atoms with E-state index in [1.165, 1.54) is 6.33 Å². The van der Waals surface area contributed by atoms with E-state index in [4.69, 9.17) is 0 Å². The number of benzene rings is 1. The first-order valence-corrected chi connectivity index (χ1v) is 10.7. The van der Waals surface area contributed by atoms with Crippen molar-refractivity contribution in [3.05, 3.63) is 76.5 Å². The molecule has 4 aromatic rings. The molecule has 0 saturated carbocycles. The first kappa shape index (κ1) is 22.1. The van der Waals surface area contributed by atoms with Crippen molar-refractivity contribution in [2.24, 2.45) is 0 Å². The molecule has 0 atom stereocenters. The largest absolute Gasteiger partial charge is 0.352 e. The number of nitrogens with zero attached hydrogens (tertiary/aromatic N) is 4. The van der Waals surface area contributed by atoms with Crippen LogP contribution in [0.25, 0.3) is 5.52 Å². The first-order chi connectivity index (χ1) is 15.8. The molecule has 3 N–H and O–H groups in total. The molecule has 0 aliphatic carbocycles. The minimum Gasteiger partial charge on any atom is -0.352 e. The van der Waals surface area contributed by atoms with Gasteiger partial charge in [-0.25, -0.2) is 9.50 Å². The van der Waals surface area contributed by atoms with E-state index in [1.54, 1.807) is 27.5 Å². The molecule has 0 fully saturated rings. The molecule has 2 amide bonds. The van der Waals surface area contributed by atoms with Crippen molar-refractivity contribution in [1.29, 1.82) is 0 Å². The fraction of sp³-hybridized carbons (Fsp3) is 0.250. The zero-order valence-electron chi connectivity index (χ0n) is 19.4. The fourth-order valence-corrected chi connectivity index (χ4v) is 3.77. The van der Waals surface area contributed by atoms with Crippen LogP contribution in [-0.2, 0) is 0 Å². The molecular weight excluding hydrogens is 418 g/mol. The summed E-state index contributed by atoms with van der Waals surface area (Å²) < 4.78 is 3.40. The van der Waals surface area contributed by atoms with Crippen molar-refractivity contribution in [3.63, 3.8) is 0 Å². The van der Waals surface area contributed by atoms with Crippen molar-refractivity contribution in [3.8, 4) is 0 Å². The Balaban J connectivity index is 1.67. The lowest BCUT2D eigenvalue weighted by atomic mass is 10.1. The fourth-order valence-electron chi connectivity index (χ4n) is 3.77. The van der Waals surface area contributed by atoms with Crippen LogP contribution in [0.2, 0.25) is 0 Å². The van der Waals surface area contributed by atoms with Gasteiger partial charge in [0.15, 0.2) is 5.82 Å². The number of aromatic nitrogens is 4. The Morgan fingerprint density at radius 1 is 1.00 bits per heavy atom. The smallest absolute Gasteiger partial charge is 0.270 e. The predicted molar refractivity (Wildman–Crippen MR) is 128 cm³/mol. The third kappa shape index (κ3) is 4.17. The lowest BCUT2D eigenvalue weighted by molar-refractivity contribution is 0.0954. The van der Waals surface area contributed by atoms with Gasteiger partial charge in [-0.1, -0.05) is 6.07 Å². The molecule has 0 aliphatic rings. The quantitative estimate of drug-likeness (QED) is 0.420. The van der Waals surface area contributed by atoms with Crippen molar-refractivity contribution in [2.75, 3.05) is 17.3 Å². The molecule has 9 heteroatoms. The van der Waals surface area contributed by atoms with Gasteiger partial charge in [-0.2, -0.15) is 5.10 Å². The Bertz CT molecular complexity index is 1350. The highest BCUT2D eigenvalue weighted by molar-refractivity contribution is 6.01. The summed E-state index contributed by atoms with van der Waals surface area (Å²) in [6, 6.07) is 9.37. The van der Waals surface area contributed by atoms with Gasteiger partial charge in [0.05, 0.1) is 5.56 Å². The van der Waals surface area contributed by atoms with E-state index in [-0.39, 0.29) is 11.8 Å². The van der Waals surface area contributed by atoms with E-state index in [1.807, 2.05) is 52.8 Å². The van der Waals surface area contributed by atoms with Gasteiger partial charge >= 0.3 is 0 Å². The van der Waals surface area contributed by atoms with Gasteiger partial charge in [0.1, 0.15) is 11.8 Å². The minimum atomic E-state index is -0.217. The molecule has 0 bridgehead atoms. The van der Waals surface area contributed by atoms with Crippen LogP contribution in [0.1, 0.15) is 50.2 Å². The molecule has 9 nitrogen and oxygen atoms in total. The van der Waals surface area contributed by atoms with Crippen molar-refractivity contribution in [1.82, 2.24) is 24.6 Å². The lowest BCUT2D eigenvalue weighted by Crippen LogP contribution is -2.24. The molecule has 4 rings (SSSR count). The van der Waals surface area contributed by atoms with Crippen LogP contribution >= 0.6 is 0 Å². The standard InChI is InChI=1S/C24H27N7O2/c1-6-25-24(33)19-12-30-21(17(19)5)22(26-13-27-30)28-20-11-18(10-7-14(20)2)23(32)29-31-15(3)8-9-16(31)4/h7-13H,6H2,1-5H3,(H,25,33)(H,29,32)(H,26,27,28). The van der Waals surface area contributed by atoms with Crippen LogP contribution in [-0.4, -0.2) is 37.6 Å². The van der Waals surface area contributed by atoms with Crippen molar-refractivity contribution < 1.29 is 9.59 Å². The maximum atomic E-state index is 12.9. The number of carbonyl (C=O) groups excluding carboxylic acids is 2. The molecule has 0 saturated heterocycles. The summed E-state index contributed by atoms with van der Waals surface area (Å²) in [5, 5.41) is 10.4. The van der Waals surface area contributed by atoms with Gasteiger partial charge in [0.25, 0.3) is 11.8 Å². The van der Waals surface area contributed by atoms with E-state index in [9.17, 15) is 9.59 Å². The van der Waals surface area contributed by atoms with Crippen LogP contribution in [0.5, 0.6) is 0 Å². The van der Waals surface area contributed by atoms with Gasteiger partial charge in [0, 0.05) is 35.4 Å². The molecular formula is C24H27N7O2. The zero-order valence-corrected chi connectivity index (χ0v) is 19.4. The van der Waals surface area contributed by atoms with Crippen molar-refractivity contribution >= 4 is 28.8 Å². The SMILES string of the molecule is CCNC(=O)c1cn2ncnc(Nc3cc(C(=O)Nn4c(C)ccc4C)ccc3C)c2c1C. The van der Waals surface area contributed by atoms with Gasteiger partial charge < -0.3 is 10.6 Å². The summed E-state index contributed by atoms with van der Waals surface area (Å²) in [5.74, 6) is 0.179. The molecule has 0 radical (unpaired) electrons. The Morgan fingerprint density at radius 2 is 1.73 bits per heavy atom. The second-order valence-electron chi connectivity index (χ2n) is 7.98. The number of anilines is 2. The van der Waals surface area contributed by atoms with E-state index >= 15 is 0 Å². The Hall–Kier alpha value is -4.14. The van der Waals surface area contributed by atoms with E-state index < -0.39 is 0 Å². The molecule has 1 aromatic carbocycles. The highest BCUT2D eigenvalue weighted by atomic mass is 16.2. The summed E-state index contributed by atoms with van der Waals surface area (Å²) in [6.45, 7) is 10.1. The van der Waals surface area contributed by atoms with Crippen LogP contribution in [0.3, 0.4) is 0 Å². The average molecular weight is 446 g/mol. The van der Waals surface area contributed by atoms with Crippen molar-refractivity contribution in [2.45, 2.75) is 34.6 Å². The molecule has 33 heavy (non-hydrogen) atoms. The molecule has 0 unspecified atom stereocenters. The number of carbonyl (C=O) groups is 2. The Kier molecular flexibility index (Phi) is 5.87. The summed E-state index contributed by atoms with van der Waals surface area (Å²) in [7, 11) is 0. The monoisotopic (exact) mass is 445 g/mol. The van der Waals surface area contributed by atoms with Crippen LogP contribution in [0.4, 0.5) is 11.5 Å². The molecule has 0 spiro atoms. The van der Waals surface area contributed by atoms with E-state index in [0.29, 0.717) is 29.0 Å². The summed E-state index contributed by atoms with van der Waals surface area (Å²) in [5.41, 5.74) is 9.04. The average Bonchev–Trinajstić information content (AvgIpc) is 3.30. The van der Waals surface area contributed by atoms with Gasteiger partial charge in [0.2, 0.25) is 0 Å². The van der Waals surface area contributed by atoms with Gasteiger partial charge in [-0.15, -0.1) is 0 Å². The van der Waals surface area contributed by atoms with E-state index in [2.05, 4.69) is 26.1 Å². The maximum absolute atomic E-state index is 12.9. The molecule has 170 valence electrons. The molecule has 3 aromatic heterocycles. The molecule has 3 heterocycles. The number of fused-ring (bicyclic) bond motifs is 1. The number of amides is 2. The number of rotatable bonds is 6. The number of nitrogens with one attached hydrogen (secondary N) is 3. The second-order valence-corrected chi connectivity index (χ2v) is 7.98. The van der Waals surface area contributed by atoms with Gasteiger partial charge in [-0.3, -0.25) is 19.7 Å². The normalized spacial score (nSPS) is 10.9. The maximum Gasteiger partial charge on any atom is 0.270 e. The van der Waals surface area contributed by atoms with Gasteiger partial charge in [-0.05, 0) is 70.0 Å². The van der Waals surface area contributed by atoms with E-state index in [0.717, 1.165) is 28.2 Å². The number of aryl methyl sites for hydroxylation is 4. The minimum absolute atomic E-state index is 0.156. The Morgan fingerprint density at radius 3 is 2.42 bits per heavy atom. The first-order valence-electron chi connectivity index (χ1n) is 10.7. The third-order valence-corrected chi connectivity index (χ3v) is 5.65. The third-order valence-electron chi connectivity index (χ3n) is 5.65. The highest BCUT2D eigenvalue weighted by Gasteiger charge is 2.18. The topological polar surface area (TPSA) is 105 Å².